The van der Waals surface area contributed by atoms with Crippen molar-refractivity contribution >= 4 is 11.4 Å². The van der Waals surface area contributed by atoms with Crippen molar-refractivity contribution in [2.75, 3.05) is 0 Å². The summed E-state index contributed by atoms with van der Waals surface area (Å²) in [5.74, 6) is -1.58. The van der Waals surface area contributed by atoms with E-state index >= 15 is 0 Å². The maximum Gasteiger partial charge on any atom is 0.278 e. The number of rotatable bonds is 3. The van der Waals surface area contributed by atoms with Gasteiger partial charge < -0.3 is 9.94 Å². The molecule has 2 aromatic carbocycles. The van der Waals surface area contributed by atoms with Crippen LogP contribution >= 0.6 is 0 Å². The van der Waals surface area contributed by atoms with Crippen LogP contribution in [0.4, 0.5) is 5.69 Å². The number of aliphatic hydroxyl groups is 1. The Morgan fingerprint density at radius 2 is 1.81 bits per heavy atom. The zero-order valence-corrected chi connectivity index (χ0v) is 11.0. The number of para-hydroxylation sites is 1. The minimum Gasteiger partial charge on any atom is -0.355 e. The largest absolute Gasteiger partial charge is 0.355 e. The molecule has 1 aliphatic rings. The molecule has 0 aliphatic carbocycles. The van der Waals surface area contributed by atoms with Gasteiger partial charge in [0.2, 0.25) is 0 Å². The Balaban J connectivity index is 1.93. The van der Waals surface area contributed by atoms with Gasteiger partial charge in [-0.15, -0.1) is 0 Å². The van der Waals surface area contributed by atoms with Crippen molar-refractivity contribution in [1.29, 1.82) is 0 Å². The second kappa shape index (κ2) is 4.99. The molecule has 0 bridgehead atoms. The Morgan fingerprint density at radius 3 is 2.52 bits per heavy atom. The van der Waals surface area contributed by atoms with Gasteiger partial charge in [0.1, 0.15) is 5.71 Å². The SMILES string of the molecule is O=[N+]([O-])c1ccccc1C1=NOC(O)(c2ccccc2)C1. The quantitative estimate of drug-likeness (QED) is 0.693. The summed E-state index contributed by atoms with van der Waals surface area (Å²) in [6.45, 7) is 0. The second-order valence-electron chi connectivity index (χ2n) is 4.73. The van der Waals surface area contributed by atoms with Crippen molar-refractivity contribution in [3.8, 4) is 0 Å². The first-order valence-electron chi connectivity index (χ1n) is 6.37. The highest BCUT2D eigenvalue weighted by molar-refractivity contribution is 6.04. The molecule has 0 saturated carbocycles. The van der Waals surface area contributed by atoms with Crippen LogP contribution in [0.1, 0.15) is 17.5 Å². The molecule has 6 heteroatoms. The predicted molar refractivity (Wildman–Crippen MR) is 75.7 cm³/mol. The summed E-state index contributed by atoms with van der Waals surface area (Å²) in [4.78, 5) is 15.7. The molecule has 0 spiro atoms. The Labute approximate surface area is 120 Å². The summed E-state index contributed by atoms with van der Waals surface area (Å²) >= 11 is 0. The first-order valence-corrected chi connectivity index (χ1v) is 6.37. The third kappa shape index (κ3) is 2.36. The third-order valence-corrected chi connectivity index (χ3v) is 3.35. The van der Waals surface area contributed by atoms with E-state index in [9.17, 15) is 15.2 Å². The number of hydrogen-bond acceptors (Lipinski definition) is 5. The lowest BCUT2D eigenvalue weighted by molar-refractivity contribution is -0.385. The van der Waals surface area contributed by atoms with Gasteiger partial charge in [0, 0.05) is 11.6 Å². The highest BCUT2D eigenvalue weighted by atomic mass is 16.7. The zero-order valence-electron chi connectivity index (χ0n) is 11.0. The summed E-state index contributed by atoms with van der Waals surface area (Å²) in [5, 5.41) is 25.4. The number of nitro groups is 1. The van der Waals surface area contributed by atoms with Crippen molar-refractivity contribution < 1.29 is 14.9 Å². The average Bonchev–Trinajstić information content (AvgIpc) is 2.92. The van der Waals surface area contributed by atoms with E-state index in [-0.39, 0.29) is 12.1 Å². The van der Waals surface area contributed by atoms with Gasteiger partial charge in [0.15, 0.2) is 0 Å². The van der Waals surface area contributed by atoms with Gasteiger partial charge in [-0.25, -0.2) is 0 Å². The molecule has 2 aromatic rings. The van der Waals surface area contributed by atoms with Gasteiger partial charge in [-0.05, 0) is 6.07 Å². The number of nitrogens with zero attached hydrogens (tertiary/aromatic N) is 2. The van der Waals surface area contributed by atoms with Crippen molar-refractivity contribution in [2.45, 2.75) is 12.2 Å². The molecule has 1 heterocycles. The fourth-order valence-electron chi connectivity index (χ4n) is 2.30. The molecule has 0 amide bonds. The Kier molecular flexibility index (Phi) is 3.15. The molecule has 1 unspecified atom stereocenters. The number of nitro benzene ring substituents is 1. The molecule has 1 N–H and O–H groups in total. The van der Waals surface area contributed by atoms with E-state index in [4.69, 9.17) is 4.84 Å². The van der Waals surface area contributed by atoms with Crippen LogP contribution in [0.3, 0.4) is 0 Å². The minimum atomic E-state index is -1.58. The van der Waals surface area contributed by atoms with Crippen LogP contribution in [0.15, 0.2) is 59.8 Å². The summed E-state index contributed by atoms with van der Waals surface area (Å²) in [6.07, 6.45) is 0.0574. The lowest BCUT2D eigenvalue weighted by Gasteiger charge is -2.19. The normalized spacial score (nSPS) is 20.7. The van der Waals surface area contributed by atoms with Crippen molar-refractivity contribution in [1.82, 2.24) is 0 Å². The van der Waals surface area contributed by atoms with E-state index in [0.29, 0.717) is 16.8 Å². The summed E-state index contributed by atoms with van der Waals surface area (Å²) in [5.41, 5.74) is 1.21. The van der Waals surface area contributed by atoms with Crippen LogP contribution in [0.2, 0.25) is 0 Å². The van der Waals surface area contributed by atoms with Crippen molar-refractivity contribution in [2.24, 2.45) is 5.16 Å². The maximum atomic E-state index is 11.1. The lowest BCUT2D eigenvalue weighted by Crippen LogP contribution is -2.25. The lowest BCUT2D eigenvalue weighted by atomic mass is 9.96. The Bertz CT molecular complexity index is 715. The molecule has 0 radical (unpaired) electrons. The molecule has 21 heavy (non-hydrogen) atoms. The second-order valence-corrected chi connectivity index (χ2v) is 4.73. The standard InChI is InChI=1S/C15H12N2O4/c18-15(11-6-2-1-3-7-11)10-13(16-21-15)12-8-4-5-9-14(12)17(19)20/h1-9,18H,10H2. The summed E-state index contributed by atoms with van der Waals surface area (Å²) in [6, 6.07) is 15.1. The van der Waals surface area contributed by atoms with E-state index in [1.807, 2.05) is 6.07 Å². The van der Waals surface area contributed by atoms with Crippen LogP contribution < -0.4 is 0 Å². The van der Waals surface area contributed by atoms with E-state index < -0.39 is 10.7 Å². The smallest absolute Gasteiger partial charge is 0.278 e. The first kappa shape index (κ1) is 13.3. The number of hydrogen-bond donors (Lipinski definition) is 1. The molecular weight excluding hydrogens is 272 g/mol. The highest BCUT2D eigenvalue weighted by Crippen LogP contribution is 2.35. The molecule has 106 valence electrons. The zero-order chi connectivity index (χ0) is 14.9. The molecule has 6 nitrogen and oxygen atoms in total. The molecule has 0 fully saturated rings. The average molecular weight is 284 g/mol. The van der Waals surface area contributed by atoms with E-state index in [2.05, 4.69) is 5.16 Å². The van der Waals surface area contributed by atoms with E-state index in [1.165, 1.54) is 6.07 Å². The number of oxime groups is 1. The van der Waals surface area contributed by atoms with Gasteiger partial charge in [-0.2, -0.15) is 0 Å². The fourth-order valence-corrected chi connectivity index (χ4v) is 2.30. The summed E-state index contributed by atoms with van der Waals surface area (Å²) < 4.78 is 0. The van der Waals surface area contributed by atoms with Crippen molar-refractivity contribution in [3.63, 3.8) is 0 Å². The van der Waals surface area contributed by atoms with E-state index in [1.54, 1.807) is 42.5 Å². The van der Waals surface area contributed by atoms with Crippen molar-refractivity contribution in [3.05, 3.63) is 75.8 Å². The predicted octanol–water partition coefficient (Wildman–Crippen LogP) is 2.56. The van der Waals surface area contributed by atoms with Crippen LogP contribution in [0.5, 0.6) is 0 Å². The van der Waals surface area contributed by atoms with Gasteiger partial charge in [0.25, 0.3) is 11.5 Å². The minimum absolute atomic E-state index is 0.0574. The third-order valence-electron chi connectivity index (χ3n) is 3.35. The monoisotopic (exact) mass is 284 g/mol. The number of benzene rings is 2. The molecule has 1 atom stereocenters. The molecule has 3 rings (SSSR count). The first-order chi connectivity index (χ1) is 10.1. The summed E-state index contributed by atoms with van der Waals surface area (Å²) in [7, 11) is 0. The molecule has 0 aromatic heterocycles. The maximum absolute atomic E-state index is 11.1. The van der Waals surface area contributed by atoms with Crippen LogP contribution in [-0.4, -0.2) is 15.7 Å². The Morgan fingerprint density at radius 1 is 1.14 bits per heavy atom. The van der Waals surface area contributed by atoms with Gasteiger partial charge in [-0.3, -0.25) is 10.1 Å². The van der Waals surface area contributed by atoms with Gasteiger partial charge in [-0.1, -0.05) is 47.6 Å². The van der Waals surface area contributed by atoms with Gasteiger partial charge in [0.05, 0.1) is 16.9 Å². The van der Waals surface area contributed by atoms with Gasteiger partial charge >= 0.3 is 0 Å². The fraction of sp³-hybridized carbons (Fsp3) is 0.133. The van der Waals surface area contributed by atoms with E-state index in [0.717, 1.165) is 0 Å². The van der Waals surface area contributed by atoms with Crippen LogP contribution in [0, 0.1) is 10.1 Å². The van der Waals surface area contributed by atoms with Crippen LogP contribution in [0.25, 0.3) is 0 Å². The molecular formula is C15H12N2O4. The molecule has 1 aliphatic heterocycles. The highest BCUT2D eigenvalue weighted by Gasteiger charge is 2.40. The topological polar surface area (TPSA) is 85.0 Å². The van der Waals surface area contributed by atoms with Crippen LogP contribution in [-0.2, 0) is 10.6 Å². The molecule has 0 saturated heterocycles. The Hall–Kier alpha value is -2.73.